The predicted molar refractivity (Wildman–Crippen MR) is 121 cm³/mol. The van der Waals surface area contributed by atoms with Crippen LogP contribution in [0.2, 0.25) is 0 Å². The van der Waals surface area contributed by atoms with Crippen molar-refractivity contribution in [3.05, 3.63) is 54.1 Å². The second kappa shape index (κ2) is 10.8. The van der Waals surface area contributed by atoms with Crippen molar-refractivity contribution in [1.82, 2.24) is 5.32 Å². The Morgan fingerprint density at radius 2 is 1.81 bits per heavy atom. The Bertz CT molecular complexity index is 881. The standard InChI is InChI=1S/C25H32N2O4/c1-4-5-8-17-26-25(29)21-15-16-23(28)27(18-11-13-19(30-2)14-12-18)24(21)20-9-6-7-10-22(20)31-3/h6-7,9-14,21,24H,4-5,8,15-17H2,1-3H3,(H,26,29). The van der Waals surface area contributed by atoms with Gasteiger partial charge in [0.2, 0.25) is 11.8 Å². The van der Waals surface area contributed by atoms with Crippen molar-refractivity contribution in [2.45, 2.75) is 45.1 Å². The zero-order chi connectivity index (χ0) is 22.2. The van der Waals surface area contributed by atoms with E-state index < -0.39 is 6.04 Å². The minimum absolute atomic E-state index is 0.00361. The van der Waals surface area contributed by atoms with Gasteiger partial charge in [-0.15, -0.1) is 0 Å². The van der Waals surface area contributed by atoms with Crippen molar-refractivity contribution >= 4 is 17.5 Å². The van der Waals surface area contributed by atoms with Crippen LogP contribution in [0.15, 0.2) is 48.5 Å². The maximum atomic E-state index is 13.2. The van der Waals surface area contributed by atoms with Gasteiger partial charge >= 0.3 is 0 Å². The van der Waals surface area contributed by atoms with E-state index in [-0.39, 0.29) is 17.7 Å². The molecule has 0 saturated carbocycles. The average Bonchev–Trinajstić information content (AvgIpc) is 2.81. The van der Waals surface area contributed by atoms with E-state index in [0.29, 0.717) is 30.9 Å². The van der Waals surface area contributed by atoms with Crippen LogP contribution in [0.4, 0.5) is 5.69 Å². The molecule has 2 aromatic carbocycles. The number of nitrogens with one attached hydrogen (secondary N) is 1. The first-order chi connectivity index (χ1) is 15.1. The summed E-state index contributed by atoms with van der Waals surface area (Å²) in [7, 11) is 3.22. The van der Waals surface area contributed by atoms with Crippen LogP contribution >= 0.6 is 0 Å². The van der Waals surface area contributed by atoms with Gasteiger partial charge < -0.3 is 19.7 Å². The molecule has 2 atom stereocenters. The lowest BCUT2D eigenvalue weighted by molar-refractivity contribution is -0.129. The van der Waals surface area contributed by atoms with Gasteiger partial charge in [0.1, 0.15) is 11.5 Å². The van der Waals surface area contributed by atoms with E-state index in [1.165, 1.54) is 0 Å². The lowest BCUT2D eigenvalue weighted by Crippen LogP contribution is -2.48. The highest BCUT2D eigenvalue weighted by molar-refractivity contribution is 5.97. The molecule has 2 aromatic rings. The maximum Gasteiger partial charge on any atom is 0.227 e. The van der Waals surface area contributed by atoms with Crippen LogP contribution in [-0.4, -0.2) is 32.6 Å². The summed E-state index contributed by atoms with van der Waals surface area (Å²) < 4.78 is 10.9. The summed E-state index contributed by atoms with van der Waals surface area (Å²) in [6.45, 7) is 2.79. The summed E-state index contributed by atoms with van der Waals surface area (Å²) in [6, 6.07) is 14.6. The normalized spacial score (nSPS) is 18.5. The highest BCUT2D eigenvalue weighted by atomic mass is 16.5. The van der Waals surface area contributed by atoms with Crippen LogP contribution in [0.1, 0.15) is 50.6 Å². The smallest absolute Gasteiger partial charge is 0.227 e. The molecular formula is C25H32N2O4. The largest absolute Gasteiger partial charge is 0.497 e. The number of amides is 2. The lowest BCUT2D eigenvalue weighted by Gasteiger charge is -2.41. The molecular weight excluding hydrogens is 392 g/mol. The number of methoxy groups -OCH3 is 2. The number of anilines is 1. The molecule has 0 aliphatic carbocycles. The summed E-state index contributed by atoms with van der Waals surface area (Å²) in [5, 5.41) is 3.09. The molecule has 31 heavy (non-hydrogen) atoms. The molecule has 1 aliphatic heterocycles. The monoisotopic (exact) mass is 424 g/mol. The number of ether oxygens (including phenoxy) is 2. The van der Waals surface area contributed by atoms with Crippen molar-refractivity contribution in [2.24, 2.45) is 5.92 Å². The van der Waals surface area contributed by atoms with Crippen LogP contribution in [-0.2, 0) is 9.59 Å². The van der Waals surface area contributed by atoms with Crippen molar-refractivity contribution in [1.29, 1.82) is 0 Å². The fourth-order valence-electron chi connectivity index (χ4n) is 4.20. The average molecular weight is 425 g/mol. The van der Waals surface area contributed by atoms with Crippen molar-refractivity contribution < 1.29 is 19.1 Å². The molecule has 1 heterocycles. The molecule has 1 aliphatic rings. The summed E-state index contributed by atoms with van der Waals surface area (Å²) >= 11 is 0. The fraction of sp³-hybridized carbons (Fsp3) is 0.440. The second-order valence-electron chi connectivity index (χ2n) is 7.79. The molecule has 0 bridgehead atoms. The van der Waals surface area contributed by atoms with E-state index >= 15 is 0 Å². The van der Waals surface area contributed by atoms with Gasteiger partial charge in [0, 0.05) is 24.2 Å². The quantitative estimate of drug-likeness (QED) is 0.602. The minimum atomic E-state index is -0.447. The molecule has 166 valence electrons. The Balaban J connectivity index is 1.99. The third-order valence-electron chi connectivity index (χ3n) is 5.82. The first-order valence-electron chi connectivity index (χ1n) is 11.0. The molecule has 3 rings (SSSR count). The Labute approximate surface area is 184 Å². The maximum absolute atomic E-state index is 13.2. The summed E-state index contributed by atoms with van der Waals surface area (Å²) in [4.78, 5) is 28.1. The summed E-state index contributed by atoms with van der Waals surface area (Å²) in [5.74, 6) is 1.00. The first kappa shape index (κ1) is 22.7. The molecule has 0 aromatic heterocycles. The van der Waals surface area contributed by atoms with Gasteiger partial charge in [0.15, 0.2) is 0 Å². The van der Waals surface area contributed by atoms with Crippen LogP contribution in [0.25, 0.3) is 0 Å². The SMILES string of the molecule is CCCCCNC(=O)C1CCC(=O)N(c2ccc(OC)cc2)C1c1ccccc1OC. The van der Waals surface area contributed by atoms with E-state index in [2.05, 4.69) is 12.2 Å². The molecule has 2 amide bonds. The zero-order valence-electron chi connectivity index (χ0n) is 18.6. The molecule has 0 spiro atoms. The number of nitrogens with zero attached hydrogens (tertiary/aromatic N) is 1. The topological polar surface area (TPSA) is 67.9 Å². The number of hydrogen-bond acceptors (Lipinski definition) is 4. The van der Waals surface area contributed by atoms with Gasteiger partial charge in [0.05, 0.1) is 26.2 Å². The van der Waals surface area contributed by atoms with Crippen molar-refractivity contribution in [2.75, 3.05) is 25.7 Å². The Morgan fingerprint density at radius 3 is 2.48 bits per heavy atom. The van der Waals surface area contributed by atoms with E-state index in [4.69, 9.17) is 9.47 Å². The number of rotatable bonds is 9. The molecule has 1 fully saturated rings. The number of unbranched alkanes of at least 4 members (excludes halogenated alkanes) is 2. The van der Waals surface area contributed by atoms with Crippen molar-refractivity contribution in [3.63, 3.8) is 0 Å². The minimum Gasteiger partial charge on any atom is -0.497 e. The Morgan fingerprint density at radius 1 is 1.06 bits per heavy atom. The Hall–Kier alpha value is -3.02. The molecule has 2 unspecified atom stereocenters. The highest BCUT2D eigenvalue weighted by Crippen LogP contribution is 2.43. The number of carbonyl (C=O) groups excluding carboxylic acids is 2. The van der Waals surface area contributed by atoms with Gasteiger partial charge in [-0.3, -0.25) is 9.59 Å². The second-order valence-corrected chi connectivity index (χ2v) is 7.79. The van der Waals surface area contributed by atoms with Gasteiger partial charge in [-0.1, -0.05) is 38.0 Å². The van der Waals surface area contributed by atoms with E-state index in [0.717, 1.165) is 30.5 Å². The number of piperidine rings is 1. The van der Waals surface area contributed by atoms with Gasteiger partial charge in [-0.05, 0) is 43.2 Å². The summed E-state index contributed by atoms with van der Waals surface area (Å²) in [5.41, 5.74) is 1.58. The molecule has 0 radical (unpaired) electrons. The van der Waals surface area contributed by atoms with Gasteiger partial charge in [-0.2, -0.15) is 0 Å². The molecule has 6 heteroatoms. The third kappa shape index (κ3) is 5.19. The van der Waals surface area contributed by atoms with Crippen LogP contribution in [0.5, 0.6) is 11.5 Å². The lowest BCUT2D eigenvalue weighted by atomic mass is 9.82. The van der Waals surface area contributed by atoms with E-state index in [1.807, 2.05) is 48.5 Å². The van der Waals surface area contributed by atoms with E-state index in [1.54, 1.807) is 19.1 Å². The van der Waals surface area contributed by atoms with Gasteiger partial charge in [-0.25, -0.2) is 0 Å². The molecule has 6 nitrogen and oxygen atoms in total. The third-order valence-corrected chi connectivity index (χ3v) is 5.82. The fourth-order valence-corrected chi connectivity index (χ4v) is 4.20. The van der Waals surface area contributed by atoms with Crippen LogP contribution in [0, 0.1) is 5.92 Å². The van der Waals surface area contributed by atoms with Crippen molar-refractivity contribution in [3.8, 4) is 11.5 Å². The number of carbonyl (C=O) groups is 2. The summed E-state index contributed by atoms with van der Waals surface area (Å²) in [6.07, 6.45) is 3.97. The van der Waals surface area contributed by atoms with Crippen LogP contribution in [0.3, 0.4) is 0 Å². The molecule has 1 saturated heterocycles. The predicted octanol–water partition coefficient (Wildman–Crippen LogP) is 4.49. The highest BCUT2D eigenvalue weighted by Gasteiger charge is 2.42. The number of benzene rings is 2. The van der Waals surface area contributed by atoms with Gasteiger partial charge in [0.25, 0.3) is 0 Å². The molecule has 1 N–H and O–H groups in total. The zero-order valence-corrected chi connectivity index (χ0v) is 18.6. The van der Waals surface area contributed by atoms with E-state index in [9.17, 15) is 9.59 Å². The number of para-hydroxylation sites is 1. The van der Waals surface area contributed by atoms with Crippen LogP contribution < -0.4 is 19.7 Å². The first-order valence-corrected chi connectivity index (χ1v) is 11.0. The number of hydrogen-bond donors (Lipinski definition) is 1. The Kier molecular flexibility index (Phi) is 7.93.